The molecule has 0 saturated carbocycles. The van der Waals surface area contributed by atoms with E-state index in [1.165, 1.54) is 65.7 Å². The molecule has 14 rings (SSSR count). The second-order valence-electron chi connectivity index (χ2n) is 20.5. The number of anilines is 6. The zero-order valence-corrected chi connectivity index (χ0v) is 41.7. The summed E-state index contributed by atoms with van der Waals surface area (Å²) in [7, 11) is 0. The van der Waals surface area contributed by atoms with Gasteiger partial charge >= 0.3 is 0 Å². The van der Waals surface area contributed by atoms with Gasteiger partial charge in [-0.15, -0.1) is 0 Å². The Balaban J connectivity index is 1.000. The molecule has 0 N–H and O–H groups in total. The summed E-state index contributed by atoms with van der Waals surface area (Å²) in [5.74, 6) is 0. The first kappa shape index (κ1) is 43.2. The number of nitrogens with zero attached hydrogens (tertiary/aromatic N) is 2. The Hall–Kier alpha value is -8.60. The van der Waals surface area contributed by atoms with E-state index in [4.69, 9.17) is 8.83 Å². The fourth-order valence-electron chi connectivity index (χ4n) is 12.5. The van der Waals surface area contributed by atoms with E-state index in [1.54, 1.807) is 0 Å². The van der Waals surface area contributed by atoms with Gasteiger partial charge in [-0.25, -0.2) is 0 Å². The first-order valence-corrected chi connectivity index (χ1v) is 26.0. The van der Waals surface area contributed by atoms with Gasteiger partial charge in [-0.3, -0.25) is 0 Å². The standard InChI is InChI=1S/C69H54N2O2/c1-5-21-43-25-19-35-55-63-50-31-15-13-23-45(50)39-60(67(63)72-65(43)55)70(47-27-9-7-10-28-47)49-37-38-54-57(41-49)69(3,4)58-42-59(52-33-17-18-34-53(52)62(54)58)71(48-29-11-8-12-30-48)61-40-46-24-14-16-32-51(46)64-56-36-20-26-44(22-6-2)66(56)73-68(61)64/h7-20,23-42H,5-6,21-22H2,1-4H3. The number of rotatable bonds is 10. The Morgan fingerprint density at radius 3 is 1.41 bits per heavy atom. The predicted octanol–water partition coefficient (Wildman–Crippen LogP) is 20.1. The van der Waals surface area contributed by atoms with E-state index in [1.807, 2.05) is 0 Å². The largest absolute Gasteiger partial charge is 0.454 e. The van der Waals surface area contributed by atoms with Gasteiger partial charge < -0.3 is 18.6 Å². The SMILES string of the molecule is CCCc1cccc2c1oc1c(N(c3ccccc3)c3ccc4c(c3)C(C)(C)c3cc(N(c5ccccc5)c5cc6ccccc6c6c5oc5c(CCC)cccc56)c5ccccc5c3-4)cc3ccccc3c12. The van der Waals surface area contributed by atoms with Crippen LogP contribution in [-0.2, 0) is 18.3 Å². The van der Waals surface area contributed by atoms with Crippen LogP contribution in [0, 0.1) is 0 Å². The summed E-state index contributed by atoms with van der Waals surface area (Å²) in [5.41, 5.74) is 17.4. The van der Waals surface area contributed by atoms with Crippen LogP contribution >= 0.6 is 0 Å². The van der Waals surface area contributed by atoms with Crippen LogP contribution in [0.1, 0.15) is 62.8 Å². The third-order valence-electron chi connectivity index (χ3n) is 15.8. The molecule has 73 heavy (non-hydrogen) atoms. The van der Waals surface area contributed by atoms with Gasteiger partial charge in [-0.2, -0.15) is 0 Å². The summed E-state index contributed by atoms with van der Waals surface area (Å²) in [6.45, 7) is 9.30. The number of aryl methyl sites for hydroxylation is 2. The molecule has 0 bridgehead atoms. The molecule has 0 spiro atoms. The van der Waals surface area contributed by atoms with Crippen LogP contribution in [0.3, 0.4) is 0 Å². The van der Waals surface area contributed by atoms with Crippen LogP contribution in [0.15, 0.2) is 215 Å². The molecule has 0 atom stereocenters. The maximum atomic E-state index is 7.24. The Bertz CT molecular complexity index is 4330. The molecule has 11 aromatic carbocycles. The Labute approximate surface area is 425 Å². The first-order valence-electron chi connectivity index (χ1n) is 26.0. The summed E-state index contributed by atoms with van der Waals surface area (Å²) in [4.78, 5) is 4.88. The van der Waals surface area contributed by atoms with Crippen LogP contribution < -0.4 is 9.80 Å². The fraction of sp³-hybridized carbons (Fsp3) is 0.130. The average Bonchev–Trinajstić information content (AvgIpc) is 4.12. The van der Waals surface area contributed by atoms with Gasteiger partial charge in [-0.05, 0) is 128 Å². The zero-order chi connectivity index (χ0) is 49.0. The topological polar surface area (TPSA) is 32.8 Å². The summed E-state index contributed by atoms with van der Waals surface area (Å²) in [5, 5.41) is 11.8. The summed E-state index contributed by atoms with van der Waals surface area (Å²) < 4.78 is 14.4. The molecule has 0 amide bonds. The molecule has 0 aliphatic heterocycles. The molecule has 2 heterocycles. The number of furan rings is 2. The first-order chi connectivity index (χ1) is 35.9. The van der Waals surface area contributed by atoms with Crippen LogP contribution in [0.2, 0.25) is 0 Å². The van der Waals surface area contributed by atoms with Gasteiger partial charge in [0, 0.05) is 49.4 Å². The zero-order valence-electron chi connectivity index (χ0n) is 41.7. The second-order valence-corrected chi connectivity index (χ2v) is 20.5. The normalized spacial score (nSPS) is 13.0. The molecule has 13 aromatic rings. The molecule has 4 heteroatoms. The van der Waals surface area contributed by atoms with Crippen molar-refractivity contribution in [1.29, 1.82) is 0 Å². The van der Waals surface area contributed by atoms with Crippen molar-refractivity contribution in [1.82, 2.24) is 0 Å². The highest BCUT2D eigenvalue weighted by Crippen LogP contribution is 2.57. The summed E-state index contributed by atoms with van der Waals surface area (Å²) >= 11 is 0. The van der Waals surface area contributed by atoms with E-state index in [2.05, 4.69) is 244 Å². The molecule has 0 unspecified atom stereocenters. The molecule has 0 fully saturated rings. The minimum atomic E-state index is -0.385. The highest BCUT2D eigenvalue weighted by Gasteiger charge is 2.39. The summed E-state index contributed by atoms with van der Waals surface area (Å²) in [6, 6.07) is 75.8. The van der Waals surface area contributed by atoms with Crippen molar-refractivity contribution in [3.63, 3.8) is 0 Å². The molecule has 1 aliphatic carbocycles. The van der Waals surface area contributed by atoms with Gasteiger partial charge in [0.15, 0.2) is 11.2 Å². The van der Waals surface area contributed by atoms with Gasteiger partial charge in [0.25, 0.3) is 0 Å². The van der Waals surface area contributed by atoms with E-state index < -0.39 is 0 Å². The quantitative estimate of drug-likeness (QED) is 0.137. The molecule has 0 radical (unpaired) electrons. The van der Waals surface area contributed by atoms with Crippen LogP contribution in [0.4, 0.5) is 34.1 Å². The van der Waals surface area contributed by atoms with Crippen molar-refractivity contribution >= 4 is 110 Å². The Kier molecular flexibility index (Phi) is 9.91. The number of hydrogen-bond acceptors (Lipinski definition) is 4. The maximum absolute atomic E-state index is 7.24. The molecular formula is C69H54N2O2. The molecule has 352 valence electrons. The maximum Gasteiger partial charge on any atom is 0.160 e. The highest BCUT2D eigenvalue weighted by molar-refractivity contribution is 6.25. The minimum Gasteiger partial charge on any atom is -0.454 e. The molecular weight excluding hydrogens is 889 g/mol. The lowest BCUT2D eigenvalue weighted by Gasteiger charge is -2.30. The number of hydrogen-bond donors (Lipinski definition) is 0. The predicted molar refractivity (Wildman–Crippen MR) is 308 cm³/mol. The fourth-order valence-corrected chi connectivity index (χ4v) is 12.5. The lowest BCUT2D eigenvalue weighted by molar-refractivity contribution is 0.659. The second kappa shape index (κ2) is 16.8. The van der Waals surface area contributed by atoms with Crippen LogP contribution in [0.5, 0.6) is 0 Å². The van der Waals surface area contributed by atoms with E-state index >= 15 is 0 Å². The third kappa shape index (κ3) is 6.52. The van der Waals surface area contributed by atoms with E-state index in [0.717, 1.165) is 104 Å². The van der Waals surface area contributed by atoms with Gasteiger partial charge in [0.05, 0.1) is 17.1 Å². The number of para-hydroxylation sites is 4. The van der Waals surface area contributed by atoms with Crippen molar-refractivity contribution < 1.29 is 8.83 Å². The highest BCUT2D eigenvalue weighted by atomic mass is 16.3. The third-order valence-corrected chi connectivity index (χ3v) is 15.8. The van der Waals surface area contributed by atoms with Crippen molar-refractivity contribution in [3.05, 3.63) is 229 Å². The van der Waals surface area contributed by atoms with E-state index in [0.29, 0.717) is 0 Å². The van der Waals surface area contributed by atoms with Crippen molar-refractivity contribution in [2.24, 2.45) is 0 Å². The van der Waals surface area contributed by atoms with Gasteiger partial charge in [0.2, 0.25) is 0 Å². The molecule has 2 aromatic heterocycles. The van der Waals surface area contributed by atoms with Crippen LogP contribution in [0.25, 0.3) is 87.3 Å². The molecule has 4 nitrogen and oxygen atoms in total. The van der Waals surface area contributed by atoms with E-state index in [9.17, 15) is 0 Å². The van der Waals surface area contributed by atoms with Crippen molar-refractivity contribution in [3.8, 4) is 11.1 Å². The summed E-state index contributed by atoms with van der Waals surface area (Å²) in [6.07, 6.45) is 4.00. The van der Waals surface area contributed by atoms with Crippen LogP contribution in [-0.4, -0.2) is 0 Å². The molecule has 1 aliphatic rings. The lowest BCUT2D eigenvalue weighted by Crippen LogP contribution is -2.18. The van der Waals surface area contributed by atoms with Crippen molar-refractivity contribution in [2.75, 3.05) is 9.80 Å². The van der Waals surface area contributed by atoms with Crippen molar-refractivity contribution in [2.45, 2.75) is 58.8 Å². The Morgan fingerprint density at radius 2 is 0.849 bits per heavy atom. The lowest BCUT2D eigenvalue weighted by atomic mass is 9.81. The smallest absolute Gasteiger partial charge is 0.160 e. The van der Waals surface area contributed by atoms with E-state index in [-0.39, 0.29) is 5.41 Å². The van der Waals surface area contributed by atoms with Gasteiger partial charge in [-0.1, -0.05) is 192 Å². The number of fused-ring (bicyclic) bond motifs is 15. The van der Waals surface area contributed by atoms with Gasteiger partial charge in [0.1, 0.15) is 11.2 Å². The Morgan fingerprint density at radius 1 is 0.370 bits per heavy atom. The minimum absolute atomic E-state index is 0.385. The monoisotopic (exact) mass is 942 g/mol. The molecule has 0 saturated heterocycles. The number of benzene rings is 11. The average molecular weight is 943 g/mol.